The van der Waals surface area contributed by atoms with E-state index in [1.165, 1.54) is 13.2 Å². The minimum atomic E-state index is -1.64. The number of hydrogen-bond acceptors (Lipinski definition) is 3. The summed E-state index contributed by atoms with van der Waals surface area (Å²) in [6, 6.07) is 7.19. The van der Waals surface area contributed by atoms with Gasteiger partial charge < -0.3 is 9.84 Å². The molecule has 16 heavy (non-hydrogen) atoms. The zero-order valence-corrected chi connectivity index (χ0v) is 9.56. The second-order valence-electron chi connectivity index (χ2n) is 3.66. The molecule has 0 bridgehead atoms. The van der Waals surface area contributed by atoms with E-state index in [9.17, 15) is 9.90 Å². The largest absolute Gasteiger partial charge is 0.467 e. The van der Waals surface area contributed by atoms with Crippen molar-refractivity contribution < 1.29 is 14.6 Å². The molecule has 0 aromatic heterocycles. The van der Waals surface area contributed by atoms with Crippen LogP contribution in [0.3, 0.4) is 0 Å². The molecule has 3 heteroatoms. The van der Waals surface area contributed by atoms with E-state index in [-0.39, 0.29) is 6.42 Å². The molecule has 1 unspecified atom stereocenters. The number of rotatable bonds is 4. The molecular formula is C13H16O3. The summed E-state index contributed by atoms with van der Waals surface area (Å²) in [5, 5.41) is 10.4. The fourth-order valence-corrected chi connectivity index (χ4v) is 1.72. The summed E-state index contributed by atoms with van der Waals surface area (Å²) in [6.07, 6.45) is 1.63. The molecule has 0 spiro atoms. The first-order valence-corrected chi connectivity index (χ1v) is 5.04. The van der Waals surface area contributed by atoms with Gasteiger partial charge >= 0.3 is 5.97 Å². The van der Waals surface area contributed by atoms with E-state index >= 15 is 0 Å². The third-order valence-electron chi connectivity index (χ3n) is 2.55. The van der Waals surface area contributed by atoms with Gasteiger partial charge in [-0.2, -0.15) is 0 Å². The summed E-state index contributed by atoms with van der Waals surface area (Å²) in [4.78, 5) is 11.7. The Balaban J connectivity index is 3.26. The molecule has 0 saturated heterocycles. The Kier molecular flexibility index (Phi) is 3.85. The highest BCUT2D eigenvalue weighted by Gasteiger charge is 2.38. The van der Waals surface area contributed by atoms with Crippen LogP contribution in [-0.4, -0.2) is 18.2 Å². The van der Waals surface area contributed by atoms with E-state index in [0.29, 0.717) is 5.56 Å². The molecule has 0 fully saturated rings. The third-order valence-corrected chi connectivity index (χ3v) is 2.55. The number of esters is 1. The lowest BCUT2D eigenvalue weighted by atomic mass is 9.87. The second kappa shape index (κ2) is 4.94. The van der Waals surface area contributed by atoms with Gasteiger partial charge in [-0.05, 0) is 18.1 Å². The van der Waals surface area contributed by atoms with Crippen LogP contribution in [0.15, 0.2) is 36.9 Å². The number of carbonyl (C=O) groups excluding carboxylic acids is 1. The van der Waals surface area contributed by atoms with Gasteiger partial charge in [-0.1, -0.05) is 30.3 Å². The number of methoxy groups -OCH3 is 1. The topological polar surface area (TPSA) is 46.5 Å². The predicted octanol–water partition coefficient (Wildman–Crippen LogP) is 1.93. The van der Waals surface area contributed by atoms with Crippen LogP contribution in [0.5, 0.6) is 0 Å². The van der Waals surface area contributed by atoms with E-state index in [0.717, 1.165) is 5.56 Å². The standard InChI is InChI=1S/C13H16O3/c1-4-9-13(15,12(14)16-3)11-8-6-5-7-10(11)2/h4-8,15H,1,9H2,2-3H3. The van der Waals surface area contributed by atoms with E-state index in [2.05, 4.69) is 11.3 Å². The molecule has 0 amide bonds. The van der Waals surface area contributed by atoms with Crippen LogP contribution in [0.1, 0.15) is 17.5 Å². The van der Waals surface area contributed by atoms with Crippen LogP contribution >= 0.6 is 0 Å². The minimum Gasteiger partial charge on any atom is -0.467 e. The Morgan fingerprint density at radius 1 is 1.56 bits per heavy atom. The monoisotopic (exact) mass is 220 g/mol. The maximum atomic E-state index is 11.7. The Bertz CT molecular complexity index is 398. The molecule has 3 nitrogen and oxygen atoms in total. The summed E-state index contributed by atoms with van der Waals surface area (Å²) in [5.74, 6) is -0.665. The first kappa shape index (κ1) is 12.5. The molecule has 0 heterocycles. The van der Waals surface area contributed by atoms with Gasteiger partial charge in [0.25, 0.3) is 0 Å². The van der Waals surface area contributed by atoms with Gasteiger partial charge in [0, 0.05) is 6.42 Å². The van der Waals surface area contributed by atoms with Crippen molar-refractivity contribution in [1.29, 1.82) is 0 Å². The lowest BCUT2D eigenvalue weighted by Crippen LogP contribution is -2.37. The molecule has 0 aliphatic heterocycles. The van der Waals surface area contributed by atoms with Crippen molar-refractivity contribution in [3.63, 3.8) is 0 Å². The number of carbonyl (C=O) groups is 1. The first-order chi connectivity index (χ1) is 7.56. The maximum Gasteiger partial charge on any atom is 0.342 e. The SMILES string of the molecule is C=CCC(O)(C(=O)OC)c1ccccc1C. The van der Waals surface area contributed by atoms with Crippen LogP contribution < -0.4 is 0 Å². The van der Waals surface area contributed by atoms with E-state index < -0.39 is 11.6 Å². The lowest BCUT2D eigenvalue weighted by Gasteiger charge is -2.25. The molecule has 0 aliphatic carbocycles. The highest BCUT2D eigenvalue weighted by Crippen LogP contribution is 2.29. The minimum absolute atomic E-state index is 0.129. The van der Waals surface area contributed by atoms with Gasteiger partial charge in [-0.3, -0.25) is 0 Å². The second-order valence-corrected chi connectivity index (χ2v) is 3.66. The fraction of sp³-hybridized carbons (Fsp3) is 0.308. The van der Waals surface area contributed by atoms with Crippen LogP contribution in [-0.2, 0) is 15.1 Å². The average molecular weight is 220 g/mol. The van der Waals surface area contributed by atoms with Gasteiger partial charge in [-0.15, -0.1) is 6.58 Å². The van der Waals surface area contributed by atoms with Crippen molar-refractivity contribution in [3.05, 3.63) is 48.0 Å². The molecule has 1 atom stereocenters. The van der Waals surface area contributed by atoms with Crippen molar-refractivity contribution >= 4 is 5.97 Å². The highest BCUT2D eigenvalue weighted by molar-refractivity contribution is 5.81. The quantitative estimate of drug-likeness (QED) is 0.623. The molecule has 1 aromatic carbocycles. The molecule has 1 N–H and O–H groups in total. The van der Waals surface area contributed by atoms with Crippen LogP contribution in [0.2, 0.25) is 0 Å². The molecular weight excluding hydrogens is 204 g/mol. The van der Waals surface area contributed by atoms with Crippen molar-refractivity contribution in [2.75, 3.05) is 7.11 Å². The van der Waals surface area contributed by atoms with Gasteiger partial charge in [0.1, 0.15) is 0 Å². The average Bonchev–Trinajstić information content (AvgIpc) is 2.28. The Morgan fingerprint density at radius 2 is 2.19 bits per heavy atom. The molecule has 1 rings (SSSR count). The summed E-state index contributed by atoms with van der Waals surface area (Å²) in [6.45, 7) is 5.39. The number of benzene rings is 1. The van der Waals surface area contributed by atoms with E-state index in [1.54, 1.807) is 12.1 Å². The summed E-state index contributed by atoms with van der Waals surface area (Å²) in [7, 11) is 1.26. The third kappa shape index (κ3) is 2.14. The molecule has 1 aromatic rings. The smallest absolute Gasteiger partial charge is 0.342 e. The number of ether oxygens (including phenoxy) is 1. The highest BCUT2D eigenvalue weighted by atomic mass is 16.5. The zero-order chi connectivity index (χ0) is 12.2. The maximum absolute atomic E-state index is 11.7. The summed E-state index contributed by atoms with van der Waals surface area (Å²) in [5.41, 5.74) is -0.235. The Hall–Kier alpha value is -1.61. The Labute approximate surface area is 95.4 Å². The zero-order valence-electron chi connectivity index (χ0n) is 9.56. The van der Waals surface area contributed by atoms with E-state index in [4.69, 9.17) is 0 Å². The van der Waals surface area contributed by atoms with Gasteiger partial charge in [0.05, 0.1) is 7.11 Å². The molecule has 0 radical (unpaired) electrons. The van der Waals surface area contributed by atoms with Crippen LogP contribution in [0.25, 0.3) is 0 Å². The summed E-state index contributed by atoms with van der Waals surface area (Å²) < 4.78 is 4.64. The van der Waals surface area contributed by atoms with Crippen LogP contribution in [0.4, 0.5) is 0 Å². The molecule has 0 aliphatic rings. The molecule has 86 valence electrons. The summed E-state index contributed by atoms with van der Waals surface area (Å²) >= 11 is 0. The van der Waals surface area contributed by atoms with Crippen molar-refractivity contribution in [2.45, 2.75) is 18.9 Å². The lowest BCUT2D eigenvalue weighted by molar-refractivity contribution is -0.163. The van der Waals surface area contributed by atoms with Crippen molar-refractivity contribution in [3.8, 4) is 0 Å². The van der Waals surface area contributed by atoms with Crippen LogP contribution in [0, 0.1) is 6.92 Å². The van der Waals surface area contributed by atoms with E-state index in [1.807, 2.05) is 19.1 Å². The van der Waals surface area contributed by atoms with Gasteiger partial charge in [0.2, 0.25) is 0 Å². The number of aliphatic hydroxyl groups is 1. The number of hydrogen-bond donors (Lipinski definition) is 1. The predicted molar refractivity (Wildman–Crippen MR) is 61.9 cm³/mol. The molecule has 0 saturated carbocycles. The first-order valence-electron chi connectivity index (χ1n) is 5.04. The van der Waals surface area contributed by atoms with Crippen molar-refractivity contribution in [2.24, 2.45) is 0 Å². The number of aryl methyl sites for hydroxylation is 1. The Morgan fingerprint density at radius 3 is 2.69 bits per heavy atom. The van der Waals surface area contributed by atoms with Gasteiger partial charge in [-0.25, -0.2) is 4.79 Å². The van der Waals surface area contributed by atoms with Gasteiger partial charge in [0.15, 0.2) is 5.60 Å². The fourth-order valence-electron chi connectivity index (χ4n) is 1.72. The normalized spacial score (nSPS) is 13.9. The van der Waals surface area contributed by atoms with Crippen molar-refractivity contribution in [1.82, 2.24) is 0 Å².